The average Bonchev–Trinajstić information content (AvgIpc) is 2.97. The zero-order valence-corrected chi connectivity index (χ0v) is 11.9. The minimum atomic E-state index is 0.636. The summed E-state index contributed by atoms with van der Waals surface area (Å²) in [5, 5.41) is 3.41. The Hall–Kier alpha value is -1.81. The van der Waals surface area contributed by atoms with Crippen molar-refractivity contribution in [3.8, 4) is 5.75 Å². The Morgan fingerprint density at radius 1 is 1.25 bits per heavy atom. The van der Waals surface area contributed by atoms with Crippen LogP contribution in [0.2, 0.25) is 0 Å². The number of piperidine rings is 1. The topological polar surface area (TPSA) is 39.1 Å². The third kappa shape index (κ3) is 2.85. The van der Waals surface area contributed by atoms with Gasteiger partial charge in [-0.2, -0.15) is 0 Å². The summed E-state index contributed by atoms with van der Waals surface area (Å²) in [6.45, 7) is 3.10. The minimum Gasteiger partial charge on any atom is -0.497 e. The van der Waals surface area contributed by atoms with Crippen molar-refractivity contribution < 1.29 is 4.74 Å². The van der Waals surface area contributed by atoms with E-state index in [-0.39, 0.29) is 0 Å². The van der Waals surface area contributed by atoms with Crippen LogP contribution in [0.15, 0.2) is 36.8 Å². The van der Waals surface area contributed by atoms with Crippen LogP contribution in [-0.2, 0) is 6.54 Å². The summed E-state index contributed by atoms with van der Waals surface area (Å²) in [5.41, 5.74) is 2.64. The van der Waals surface area contributed by atoms with Crippen molar-refractivity contribution in [2.45, 2.75) is 25.3 Å². The van der Waals surface area contributed by atoms with Gasteiger partial charge in [-0.05, 0) is 43.6 Å². The zero-order valence-electron chi connectivity index (χ0n) is 11.9. The van der Waals surface area contributed by atoms with Gasteiger partial charge in [-0.3, -0.25) is 0 Å². The van der Waals surface area contributed by atoms with Crippen molar-refractivity contribution in [3.05, 3.63) is 48.0 Å². The highest BCUT2D eigenvalue weighted by Crippen LogP contribution is 2.25. The normalized spacial score (nSPS) is 16.2. The van der Waals surface area contributed by atoms with Gasteiger partial charge in [0.15, 0.2) is 0 Å². The van der Waals surface area contributed by atoms with E-state index in [1.165, 1.54) is 24.1 Å². The standard InChI is InChI=1S/C16H21N3O/c1-20-15-4-2-13(3-5-15)11-19-12-18-10-16(19)14-6-8-17-9-7-14/h2-5,10,12,14,17H,6-9,11H2,1H3. The van der Waals surface area contributed by atoms with Gasteiger partial charge >= 0.3 is 0 Å². The van der Waals surface area contributed by atoms with Crippen LogP contribution in [-0.4, -0.2) is 29.8 Å². The molecule has 0 spiro atoms. The third-order valence-corrected chi connectivity index (χ3v) is 4.01. The number of benzene rings is 1. The van der Waals surface area contributed by atoms with Crippen LogP contribution in [0.1, 0.15) is 30.0 Å². The van der Waals surface area contributed by atoms with Crippen LogP contribution in [0.5, 0.6) is 5.75 Å². The molecule has 4 nitrogen and oxygen atoms in total. The molecule has 0 saturated carbocycles. The highest BCUT2D eigenvalue weighted by molar-refractivity contribution is 5.27. The second-order valence-electron chi connectivity index (χ2n) is 5.32. The van der Waals surface area contributed by atoms with Gasteiger partial charge in [0, 0.05) is 24.4 Å². The van der Waals surface area contributed by atoms with Gasteiger partial charge in [0.1, 0.15) is 5.75 Å². The molecule has 1 fully saturated rings. The minimum absolute atomic E-state index is 0.636. The van der Waals surface area contributed by atoms with Crippen molar-refractivity contribution in [1.29, 1.82) is 0 Å². The molecule has 3 rings (SSSR count). The maximum atomic E-state index is 5.20. The molecule has 0 atom stereocenters. The van der Waals surface area contributed by atoms with Crippen LogP contribution in [0.3, 0.4) is 0 Å². The summed E-state index contributed by atoms with van der Waals surface area (Å²) in [5.74, 6) is 1.54. The number of imidazole rings is 1. The van der Waals surface area contributed by atoms with Gasteiger partial charge in [0.05, 0.1) is 13.4 Å². The Labute approximate surface area is 119 Å². The number of aromatic nitrogens is 2. The molecule has 1 aliphatic heterocycles. The van der Waals surface area contributed by atoms with Crippen molar-refractivity contribution >= 4 is 0 Å². The zero-order chi connectivity index (χ0) is 13.8. The van der Waals surface area contributed by atoms with Gasteiger partial charge < -0.3 is 14.6 Å². The molecule has 2 heterocycles. The first kappa shape index (κ1) is 13.2. The number of nitrogens with one attached hydrogen (secondary N) is 1. The fourth-order valence-corrected chi connectivity index (χ4v) is 2.85. The fraction of sp³-hybridized carbons (Fsp3) is 0.438. The lowest BCUT2D eigenvalue weighted by atomic mass is 9.95. The van der Waals surface area contributed by atoms with E-state index in [9.17, 15) is 0 Å². The summed E-state index contributed by atoms with van der Waals surface area (Å²) < 4.78 is 7.47. The van der Waals surface area contributed by atoms with Gasteiger partial charge in [0.25, 0.3) is 0 Å². The first-order valence-electron chi connectivity index (χ1n) is 7.20. The van der Waals surface area contributed by atoms with Crippen LogP contribution < -0.4 is 10.1 Å². The highest BCUT2D eigenvalue weighted by atomic mass is 16.5. The van der Waals surface area contributed by atoms with Crippen LogP contribution in [0, 0.1) is 0 Å². The summed E-state index contributed by atoms with van der Waals surface area (Å²) in [6, 6.07) is 8.25. The number of nitrogens with zero attached hydrogens (tertiary/aromatic N) is 2. The number of rotatable bonds is 4. The molecule has 0 amide bonds. The lowest BCUT2D eigenvalue weighted by molar-refractivity contribution is 0.414. The second kappa shape index (κ2) is 6.09. The average molecular weight is 271 g/mol. The Morgan fingerprint density at radius 3 is 2.70 bits per heavy atom. The van der Waals surface area contributed by atoms with Crippen LogP contribution in [0.25, 0.3) is 0 Å². The molecule has 1 aromatic carbocycles. The number of hydrogen-bond acceptors (Lipinski definition) is 3. The van der Waals surface area contributed by atoms with Gasteiger partial charge in [-0.15, -0.1) is 0 Å². The van der Waals surface area contributed by atoms with Gasteiger partial charge in [0.2, 0.25) is 0 Å². The van der Waals surface area contributed by atoms with E-state index in [0.29, 0.717) is 5.92 Å². The van der Waals surface area contributed by atoms with E-state index in [1.54, 1.807) is 7.11 Å². The number of hydrogen-bond donors (Lipinski definition) is 1. The molecule has 1 N–H and O–H groups in total. The van der Waals surface area contributed by atoms with E-state index >= 15 is 0 Å². The molecule has 0 unspecified atom stereocenters. The van der Waals surface area contributed by atoms with Crippen molar-refractivity contribution in [3.63, 3.8) is 0 Å². The Kier molecular flexibility index (Phi) is 4.02. The first-order chi connectivity index (χ1) is 9.86. The van der Waals surface area contributed by atoms with Crippen molar-refractivity contribution in [1.82, 2.24) is 14.9 Å². The molecule has 1 aliphatic rings. The molecular weight excluding hydrogens is 250 g/mol. The maximum Gasteiger partial charge on any atom is 0.118 e. The molecule has 4 heteroatoms. The largest absolute Gasteiger partial charge is 0.497 e. The lowest BCUT2D eigenvalue weighted by Crippen LogP contribution is -2.27. The highest BCUT2D eigenvalue weighted by Gasteiger charge is 2.18. The number of methoxy groups -OCH3 is 1. The van der Waals surface area contributed by atoms with E-state index in [0.717, 1.165) is 25.4 Å². The smallest absolute Gasteiger partial charge is 0.118 e. The lowest BCUT2D eigenvalue weighted by Gasteiger charge is -2.23. The van der Waals surface area contributed by atoms with E-state index < -0.39 is 0 Å². The fourth-order valence-electron chi connectivity index (χ4n) is 2.85. The van der Waals surface area contributed by atoms with Gasteiger partial charge in [-0.25, -0.2) is 4.98 Å². The van der Waals surface area contributed by atoms with E-state index in [4.69, 9.17) is 4.74 Å². The van der Waals surface area contributed by atoms with Crippen molar-refractivity contribution in [2.75, 3.05) is 20.2 Å². The molecular formula is C16H21N3O. The molecule has 106 valence electrons. The second-order valence-corrected chi connectivity index (χ2v) is 5.32. The molecule has 0 aliphatic carbocycles. The summed E-state index contributed by atoms with van der Waals surface area (Å²) in [4.78, 5) is 4.35. The molecule has 0 radical (unpaired) electrons. The van der Waals surface area contributed by atoms with E-state index in [2.05, 4.69) is 27.0 Å². The molecule has 2 aromatic rings. The monoisotopic (exact) mass is 271 g/mol. The summed E-state index contributed by atoms with van der Waals surface area (Å²) in [7, 11) is 1.69. The predicted molar refractivity (Wildman–Crippen MR) is 79.2 cm³/mol. The van der Waals surface area contributed by atoms with Crippen LogP contribution in [0.4, 0.5) is 0 Å². The van der Waals surface area contributed by atoms with Crippen molar-refractivity contribution in [2.24, 2.45) is 0 Å². The molecule has 20 heavy (non-hydrogen) atoms. The molecule has 0 bridgehead atoms. The SMILES string of the molecule is COc1ccc(Cn2cncc2C2CCNCC2)cc1. The Bertz CT molecular complexity index is 541. The van der Waals surface area contributed by atoms with E-state index in [1.807, 2.05) is 24.7 Å². The predicted octanol–water partition coefficient (Wildman–Crippen LogP) is 2.41. The summed E-state index contributed by atoms with van der Waals surface area (Å²) in [6.07, 6.45) is 6.38. The quantitative estimate of drug-likeness (QED) is 0.928. The summed E-state index contributed by atoms with van der Waals surface area (Å²) >= 11 is 0. The molecule has 1 saturated heterocycles. The number of ether oxygens (including phenoxy) is 1. The Balaban J connectivity index is 1.75. The Morgan fingerprint density at radius 2 is 2.00 bits per heavy atom. The first-order valence-corrected chi connectivity index (χ1v) is 7.20. The third-order valence-electron chi connectivity index (χ3n) is 4.01. The van der Waals surface area contributed by atoms with Crippen LogP contribution >= 0.6 is 0 Å². The maximum absolute atomic E-state index is 5.20. The van der Waals surface area contributed by atoms with Gasteiger partial charge in [-0.1, -0.05) is 12.1 Å². The molecule has 1 aromatic heterocycles.